The number of benzene rings is 2. The van der Waals surface area contributed by atoms with Gasteiger partial charge < -0.3 is 23.8 Å². The first-order valence-corrected chi connectivity index (χ1v) is 11.9. The molecule has 0 bridgehead atoms. The van der Waals surface area contributed by atoms with Crippen LogP contribution in [0, 0.1) is 0 Å². The normalized spacial score (nSPS) is 11.2. The lowest BCUT2D eigenvalue weighted by molar-refractivity contribution is -0.130. The van der Waals surface area contributed by atoms with E-state index in [9.17, 15) is 13.2 Å². The van der Waals surface area contributed by atoms with E-state index in [-0.39, 0.29) is 30.4 Å². The minimum atomic E-state index is -3.84. The van der Waals surface area contributed by atoms with Gasteiger partial charge in [0, 0.05) is 20.1 Å². The van der Waals surface area contributed by atoms with Gasteiger partial charge in [0.15, 0.2) is 11.5 Å². The van der Waals surface area contributed by atoms with Gasteiger partial charge in [-0.3, -0.25) is 4.79 Å². The summed E-state index contributed by atoms with van der Waals surface area (Å²) >= 11 is 0. The van der Waals surface area contributed by atoms with E-state index < -0.39 is 10.0 Å². The van der Waals surface area contributed by atoms with E-state index >= 15 is 0 Å². The summed E-state index contributed by atoms with van der Waals surface area (Å²) in [5.74, 6) is 1.64. The summed E-state index contributed by atoms with van der Waals surface area (Å²) in [5.41, 5.74) is 0.748. The molecule has 0 saturated heterocycles. The smallest absolute Gasteiger partial charge is 0.243 e. The Kier molecular flexibility index (Phi) is 9.36. The average molecular weight is 481 g/mol. The highest BCUT2D eigenvalue weighted by Crippen LogP contribution is 2.38. The molecule has 2 aromatic rings. The highest BCUT2D eigenvalue weighted by Gasteiger charge is 2.27. The maximum atomic E-state index is 13.1. The fourth-order valence-corrected chi connectivity index (χ4v) is 4.65. The lowest BCUT2D eigenvalue weighted by atomic mass is 10.1. The van der Waals surface area contributed by atoms with Gasteiger partial charge in [0.1, 0.15) is 5.75 Å². The Hall–Kier alpha value is -2.98. The number of rotatable bonds is 12. The van der Waals surface area contributed by atoms with Crippen molar-refractivity contribution in [3.8, 4) is 23.0 Å². The van der Waals surface area contributed by atoms with Crippen LogP contribution in [-0.2, 0) is 21.4 Å². The summed E-state index contributed by atoms with van der Waals surface area (Å²) in [6.07, 6.45) is 0. The minimum Gasteiger partial charge on any atom is -0.494 e. The Balaban J connectivity index is 2.16. The Bertz CT molecular complexity index is 1010. The third kappa shape index (κ3) is 6.29. The van der Waals surface area contributed by atoms with Crippen molar-refractivity contribution in [2.75, 3.05) is 48.1 Å². The molecule has 0 aliphatic heterocycles. The zero-order valence-corrected chi connectivity index (χ0v) is 20.8. The van der Waals surface area contributed by atoms with Crippen LogP contribution >= 0.6 is 0 Å². The van der Waals surface area contributed by atoms with Crippen molar-refractivity contribution in [2.24, 2.45) is 0 Å². The standard InChI is InChI=1S/C23H32N2O7S/c1-7-25(33(27,28)19-11-9-18(10-12-19)32-8-2)16-22(26)24(3)15-17-13-20(29-4)23(31-6)21(14-17)30-5/h9-14H,7-8,15-16H2,1-6H3. The van der Waals surface area contributed by atoms with Crippen LogP contribution in [0.4, 0.5) is 0 Å². The van der Waals surface area contributed by atoms with E-state index in [1.165, 1.54) is 38.4 Å². The van der Waals surface area contributed by atoms with Crippen LogP contribution in [0.2, 0.25) is 0 Å². The molecule has 9 nitrogen and oxygen atoms in total. The first-order chi connectivity index (χ1) is 15.7. The molecule has 0 radical (unpaired) electrons. The third-order valence-electron chi connectivity index (χ3n) is 5.01. The molecular weight excluding hydrogens is 448 g/mol. The van der Waals surface area contributed by atoms with Gasteiger partial charge in [0.2, 0.25) is 21.7 Å². The number of nitrogens with zero attached hydrogens (tertiary/aromatic N) is 2. The molecule has 0 aliphatic rings. The molecule has 0 heterocycles. The monoisotopic (exact) mass is 480 g/mol. The van der Waals surface area contributed by atoms with Gasteiger partial charge in [-0.2, -0.15) is 4.31 Å². The lowest BCUT2D eigenvalue weighted by Gasteiger charge is -2.24. The number of carbonyl (C=O) groups excluding carboxylic acids is 1. The fourth-order valence-electron chi connectivity index (χ4n) is 3.25. The Labute approximate surface area is 195 Å². The molecule has 10 heteroatoms. The molecule has 182 valence electrons. The van der Waals surface area contributed by atoms with Crippen LogP contribution in [0.5, 0.6) is 23.0 Å². The van der Waals surface area contributed by atoms with E-state index in [1.54, 1.807) is 38.2 Å². The number of hydrogen-bond acceptors (Lipinski definition) is 7. The van der Waals surface area contributed by atoms with Crippen molar-refractivity contribution < 1.29 is 32.2 Å². The summed E-state index contributed by atoms with van der Waals surface area (Å²) in [5, 5.41) is 0. The Morgan fingerprint density at radius 2 is 1.52 bits per heavy atom. The predicted octanol–water partition coefficient (Wildman–Crippen LogP) is 2.78. The van der Waals surface area contributed by atoms with Gasteiger partial charge in [-0.15, -0.1) is 0 Å². The van der Waals surface area contributed by atoms with E-state index in [0.29, 0.717) is 29.6 Å². The predicted molar refractivity (Wildman–Crippen MR) is 125 cm³/mol. The van der Waals surface area contributed by atoms with Crippen molar-refractivity contribution in [1.29, 1.82) is 0 Å². The number of hydrogen-bond donors (Lipinski definition) is 0. The molecule has 0 unspecified atom stereocenters. The number of amides is 1. The molecule has 2 aromatic carbocycles. The SMILES string of the molecule is CCOc1ccc(S(=O)(=O)N(CC)CC(=O)N(C)Cc2cc(OC)c(OC)c(OC)c2)cc1. The van der Waals surface area contributed by atoms with Crippen LogP contribution in [0.25, 0.3) is 0 Å². The highest BCUT2D eigenvalue weighted by atomic mass is 32.2. The summed E-state index contributed by atoms with van der Waals surface area (Å²) in [7, 11) is 2.32. The third-order valence-corrected chi connectivity index (χ3v) is 6.94. The van der Waals surface area contributed by atoms with E-state index in [1.807, 2.05) is 6.92 Å². The Morgan fingerprint density at radius 3 is 1.97 bits per heavy atom. The Morgan fingerprint density at radius 1 is 0.939 bits per heavy atom. The van der Waals surface area contributed by atoms with Crippen LogP contribution in [0.3, 0.4) is 0 Å². The van der Waals surface area contributed by atoms with Gasteiger partial charge in [0.05, 0.1) is 39.4 Å². The van der Waals surface area contributed by atoms with Gasteiger partial charge in [-0.05, 0) is 48.9 Å². The second-order valence-corrected chi connectivity index (χ2v) is 9.06. The molecule has 2 rings (SSSR count). The summed E-state index contributed by atoms with van der Waals surface area (Å²) in [6.45, 7) is 4.13. The van der Waals surface area contributed by atoms with E-state index in [4.69, 9.17) is 18.9 Å². The van der Waals surface area contributed by atoms with E-state index in [2.05, 4.69) is 0 Å². The molecule has 0 atom stereocenters. The molecule has 0 spiro atoms. The molecule has 0 aromatic heterocycles. The number of carbonyl (C=O) groups is 1. The van der Waals surface area contributed by atoms with Crippen molar-refractivity contribution >= 4 is 15.9 Å². The maximum Gasteiger partial charge on any atom is 0.243 e. The van der Waals surface area contributed by atoms with Crippen LogP contribution in [0.1, 0.15) is 19.4 Å². The molecule has 0 N–H and O–H groups in total. The van der Waals surface area contributed by atoms with Crippen LogP contribution in [-0.4, -0.2) is 71.6 Å². The topological polar surface area (TPSA) is 94.6 Å². The van der Waals surface area contributed by atoms with Gasteiger partial charge >= 0.3 is 0 Å². The van der Waals surface area contributed by atoms with Crippen molar-refractivity contribution in [3.63, 3.8) is 0 Å². The van der Waals surface area contributed by atoms with Crippen molar-refractivity contribution in [2.45, 2.75) is 25.3 Å². The summed E-state index contributed by atoms with van der Waals surface area (Å²) < 4.78 is 48.7. The van der Waals surface area contributed by atoms with Crippen LogP contribution < -0.4 is 18.9 Å². The largest absolute Gasteiger partial charge is 0.494 e. The average Bonchev–Trinajstić information content (AvgIpc) is 2.81. The van der Waals surface area contributed by atoms with Gasteiger partial charge in [-0.1, -0.05) is 6.92 Å². The minimum absolute atomic E-state index is 0.105. The van der Waals surface area contributed by atoms with Crippen molar-refractivity contribution in [3.05, 3.63) is 42.0 Å². The quantitative estimate of drug-likeness (QED) is 0.461. The number of likely N-dealkylation sites (N-methyl/N-ethyl adjacent to an activating group) is 2. The molecular formula is C23H32N2O7S. The number of ether oxygens (including phenoxy) is 4. The second-order valence-electron chi connectivity index (χ2n) is 7.12. The molecule has 1 amide bonds. The summed E-state index contributed by atoms with van der Waals surface area (Å²) in [6, 6.07) is 9.66. The fraction of sp³-hybridized carbons (Fsp3) is 0.435. The number of sulfonamides is 1. The van der Waals surface area contributed by atoms with Gasteiger partial charge in [0.25, 0.3) is 0 Å². The molecule has 0 saturated carbocycles. The first kappa shape index (κ1) is 26.3. The lowest BCUT2D eigenvalue weighted by Crippen LogP contribution is -2.41. The molecule has 0 fully saturated rings. The summed E-state index contributed by atoms with van der Waals surface area (Å²) in [4.78, 5) is 14.4. The second kappa shape index (κ2) is 11.8. The molecule has 33 heavy (non-hydrogen) atoms. The van der Waals surface area contributed by atoms with E-state index in [0.717, 1.165) is 9.87 Å². The molecule has 0 aliphatic carbocycles. The maximum absolute atomic E-state index is 13.1. The zero-order valence-electron chi connectivity index (χ0n) is 20.0. The highest BCUT2D eigenvalue weighted by molar-refractivity contribution is 7.89. The van der Waals surface area contributed by atoms with Crippen molar-refractivity contribution in [1.82, 2.24) is 9.21 Å². The van der Waals surface area contributed by atoms with Crippen LogP contribution in [0.15, 0.2) is 41.3 Å². The zero-order chi connectivity index (χ0) is 24.6. The number of methoxy groups -OCH3 is 3. The van der Waals surface area contributed by atoms with Gasteiger partial charge in [-0.25, -0.2) is 8.42 Å². The first-order valence-electron chi connectivity index (χ1n) is 10.5.